The first-order chi connectivity index (χ1) is 8.00. The van der Waals surface area contributed by atoms with Gasteiger partial charge in [-0.3, -0.25) is 4.68 Å². The molecule has 18 heavy (non-hydrogen) atoms. The van der Waals surface area contributed by atoms with E-state index in [0.29, 0.717) is 6.54 Å². The lowest BCUT2D eigenvalue weighted by molar-refractivity contribution is -0.871. The van der Waals surface area contributed by atoms with Crippen molar-refractivity contribution in [3.63, 3.8) is 0 Å². The Morgan fingerprint density at radius 3 is 2.33 bits per heavy atom. The van der Waals surface area contributed by atoms with Crippen LogP contribution >= 0.6 is 0 Å². The fourth-order valence-corrected chi connectivity index (χ4v) is 1.52. The third-order valence-electron chi connectivity index (χ3n) is 2.75. The maximum atomic E-state index is 11.2. The van der Waals surface area contributed by atoms with Gasteiger partial charge in [-0.25, -0.2) is 4.79 Å². The van der Waals surface area contributed by atoms with E-state index in [1.165, 1.54) is 0 Å². The van der Waals surface area contributed by atoms with Gasteiger partial charge in [0.05, 0.1) is 39.9 Å². The Labute approximate surface area is 109 Å². The van der Waals surface area contributed by atoms with Crippen LogP contribution in [0.3, 0.4) is 0 Å². The molecule has 0 aliphatic heterocycles. The number of carboxylic acids is 1. The van der Waals surface area contributed by atoms with Gasteiger partial charge in [0.15, 0.2) is 0 Å². The summed E-state index contributed by atoms with van der Waals surface area (Å²) < 4.78 is 2.39. The Bertz CT molecular complexity index is 436. The Morgan fingerprint density at radius 1 is 1.39 bits per heavy atom. The van der Waals surface area contributed by atoms with Crippen LogP contribution in [0.2, 0.25) is 0 Å². The van der Waals surface area contributed by atoms with Crippen LogP contribution in [0.15, 0.2) is 6.07 Å². The molecule has 0 unspecified atom stereocenters. The molecule has 1 N–H and O–H groups in total. The van der Waals surface area contributed by atoms with Crippen molar-refractivity contribution in [2.75, 3.05) is 27.7 Å². The highest BCUT2D eigenvalue weighted by Gasteiger charge is 2.23. The standard InChI is InChI=1S/C13H23N3O2/c1-13(2,3)11-9-10(12(17)18)15(14-11)7-8-16(4,5)6/h9H,7-8H2,1-6H3/p+1. The predicted molar refractivity (Wildman–Crippen MR) is 70.8 cm³/mol. The van der Waals surface area contributed by atoms with Gasteiger partial charge in [-0.1, -0.05) is 20.8 Å². The van der Waals surface area contributed by atoms with Crippen molar-refractivity contribution in [1.82, 2.24) is 9.78 Å². The van der Waals surface area contributed by atoms with Gasteiger partial charge in [-0.2, -0.15) is 5.10 Å². The summed E-state index contributed by atoms with van der Waals surface area (Å²) in [5, 5.41) is 13.6. The van der Waals surface area contributed by atoms with E-state index in [-0.39, 0.29) is 11.1 Å². The second kappa shape index (κ2) is 4.72. The van der Waals surface area contributed by atoms with E-state index in [1.54, 1.807) is 10.7 Å². The Hall–Kier alpha value is -1.36. The average Bonchev–Trinajstić information content (AvgIpc) is 2.56. The van der Waals surface area contributed by atoms with Crippen molar-refractivity contribution in [3.05, 3.63) is 17.5 Å². The zero-order valence-corrected chi connectivity index (χ0v) is 12.2. The first-order valence-corrected chi connectivity index (χ1v) is 6.13. The number of nitrogens with zero attached hydrogens (tertiary/aromatic N) is 3. The highest BCUT2D eigenvalue weighted by molar-refractivity contribution is 5.85. The molecule has 0 atom stereocenters. The molecule has 0 aliphatic rings. The number of likely N-dealkylation sites (N-methyl/N-ethyl adjacent to an activating group) is 1. The maximum absolute atomic E-state index is 11.2. The molecule has 5 nitrogen and oxygen atoms in total. The van der Waals surface area contributed by atoms with E-state index >= 15 is 0 Å². The lowest BCUT2D eigenvalue weighted by atomic mass is 9.92. The summed E-state index contributed by atoms with van der Waals surface area (Å²) in [4.78, 5) is 11.2. The highest BCUT2D eigenvalue weighted by Crippen LogP contribution is 2.21. The van der Waals surface area contributed by atoms with Crippen LogP contribution in [0.4, 0.5) is 0 Å². The number of carbonyl (C=O) groups is 1. The monoisotopic (exact) mass is 254 g/mol. The van der Waals surface area contributed by atoms with Crippen molar-refractivity contribution in [2.45, 2.75) is 32.7 Å². The number of aromatic carboxylic acids is 1. The molecule has 0 spiro atoms. The fraction of sp³-hybridized carbons (Fsp3) is 0.692. The van der Waals surface area contributed by atoms with Crippen molar-refractivity contribution < 1.29 is 14.4 Å². The van der Waals surface area contributed by atoms with Crippen LogP contribution in [-0.4, -0.2) is 53.0 Å². The second-order valence-corrected chi connectivity index (χ2v) is 6.71. The van der Waals surface area contributed by atoms with E-state index < -0.39 is 5.97 Å². The SMILES string of the molecule is CC(C)(C)c1cc(C(=O)O)n(CC[N+](C)(C)C)n1. The molecule has 1 aromatic rings. The molecule has 0 saturated carbocycles. The third kappa shape index (κ3) is 3.84. The fourth-order valence-electron chi connectivity index (χ4n) is 1.52. The van der Waals surface area contributed by atoms with Gasteiger partial charge < -0.3 is 9.59 Å². The minimum atomic E-state index is -0.917. The summed E-state index contributed by atoms with van der Waals surface area (Å²) >= 11 is 0. The minimum Gasteiger partial charge on any atom is -0.477 e. The van der Waals surface area contributed by atoms with E-state index in [4.69, 9.17) is 0 Å². The lowest BCUT2D eigenvalue weighted by Crippen LogP contribution is -2.38. The molecule has 102 valence electrons. The molecule has 0 amide bonds. The third-order valence-corrected chi connectivity index (χ3v) is 2.75. The molecule has 1 heterocycles. The first kappa shape index (κ1) is 14.7. The van der Waals surface area contributed by atoms with Crippen LogP contribution in [0.5, 0.6) is 0 Å². The number of rotatable bonds is 4. The zero-order valence-electron chi connectivity index (χ0n) is 12.2. The zero-order chi connectivity index (χ0) is 14.1. The van der Waals surface area contributed by atoms with Crippen molar-refractivity contribution in [1.29, 1.82) is 0 Å². The van der Waals surface area contributed by atoms with Crippen LogP contribution < -0.4 is 0 Å². The molecular formula is C13H24N3O2+. The van der Waals surface area contributed by atoms with Crippen LogP contribution in [0.1, 0.15) is 37.0 Å². The topological polar surface area (TPSA) is 55.1 Å². The van der Waals surface area contributed by atoms with Gasteiger partial charge in [-0.05, 0) is 6.07 Å². The lowest BCUT2D eigenvalue weighted by Gasteiger charge is -2.23. The summed E-state index contributed by atoms with van der Waals surface area (Å²) in [5.74, 6) is -0.917. The molecule has 1 aromatic heterocycles. The number of carboxylic acid groups (broad SMARTS) is 1. The largest absolute Gasteiger partial charge is 0.477 e. The average molecular weight is 254 g/mol. The second-order valence-electron chi connectivity index (χ2n) is 6.71. The number of hydrogen-bond donors (Lipinski definition) is 1. The van der Waals surface area contributed by atoms with Gasteiger partial charge in [0, 0.05) is 5.41 Å². The Kier molecular flexibility index (Phi) is 3.86. The van der Waals surface area contributed by atoms with E-state index in [9.17, 15) is 9.90 Å². The van der Waals surface area contributed by atoms with Crippen molar-refractivity contribution >= 4 is 5.97 Å². The molecule has 0 aromatic carbocycles. The van der Waals surface area contributed by atoms with E-state index in [1.807, 2.05) is 20.8 Å². The van der Waals surface area contributed by atoms with Crippen LogP contribution in [0.25, 0.3) is 0 Å². The quantitative estimate of drug-likeness (QED) is 0.830. The van der Waals surface area contributed by atoms with Gasteiger partial charge in [0.25, 0.3) is 0 Å². The van der Waals surface area contributed by atoms with Crippen molar-refractivity contribution in [2.24, 2.45) is 0 Å². The summed E-state index contributed by atoms with van der Waals surface area (Å²) in [6.45, 7) is 7.55. The van der Waals surface area contributed by atoms with Crippen molar-refractivity contribution in [3.8, 4) is 0 Å². The van der Waals surface area contributed by atoms with Gasteiger partial charge in [0.1, 0.15) is 5.69 Å². The smallest absolute Gasteiger partial charge is 0.354 e. The van der Waals surface area contributed by atoms with E-state index in [2.05, 4.69) is 26.2 Å². The molecule has 0 saturated heterocycles. The number of quaternary nitrogens is 1. The van der Waals surface area contributed by atoms with Crippen LogP contribution in [-0.2, 0) is 12.0 Å². The molecular weight excluding hydrogens is 230 g/mol. The number of hydrogen-bond acceptors (Lipinski definition) is 2. The molecule has 1 rings (SSSR count). The minimum absolute atomic E-state index is 0.133. The highest BCUT2D eigenvalue weighted by atomic mass is 16.4. The molecule has 5 heteroatoms. The van der Waals surface area contributed by atoms with Crippen LogP contribution in [0, 0.1) is 0 Å². The van der Waals surface area contributed by atoms with Gasteiger partial charge in [-0.15, -0.1) is 0 Å². The maximum Gasteiger partial charge on any atom is 0.354 e. The summed E-state index contributed by atoms with van der Waals surface area (Å²) in [7, 11) is 6.23. The van der Waals surface area contributed by atoms with Gasteiger partial charge >= 0.3 is 5.97 Å². The summed E-state index contributed by atoms with van der Waals surface area (Å²) in [6, 6.07) is 1.68. The summed E-state index contributed by atoms with van der Waals surface area (Å²) in [6.07, 6.45) is 0. The normalized spacial score (nSPS) is 12.8. The first-order valence-electron chi connectivity index (χ1n) is 6.13. The molecule has 0 radical (unpaired) electrons. The van der Waals surface area contributed by atoms with E-state index in [0.717, 1.165) is 16.7 Å². The number of aromatic nitrogens is 2. The molecule has 0 aliphatic carbocycles. The predicted octanol–water partition coefficient (Wildman–Crippen LogP) is 1.58. The Balaban J connectivity index is 3.03. The molecule has 0 fully saturated rings. The molecule has 0 bridgehead atoms. The van der Waals surface area contributed by atoms with Gasteiger partial charge in [0.2, 0.25) is 0 Å². The Morgan fingerprint density at radius 2 is 1.94 bits per heavy atom. The summed E-state index contributed by atoms with van der Waals surface area (Å²) in [5.41, 5.74) is 0.959.